The Balaban J connectivity index is 2.46. The van der Waals surface area contributed by atoms with Crippen LogP contribution in [-0.4, -0.2) is 36.8 Å². The molecule has 0 amide bonds. The summed E-state index contributed by atoms with van der Waals surface area (Å²) in [5.74, 6) is -0.642. The summed E-state index contributed by atoms with van der Waals surface area (Å²) in [6, 6.07) is 7.31. The number of rotatable bonds is 10. The molecule has 0 radical (unpaired) electrons. The van der Waals surface area contributed by atoms with E-state index in [1.54, 1.807) is 19.1 Å². The smallest absolute Gasteiger partial charge is 0.346 e. The molecule has 0 aliphatic rings. The van der Waals surface area contributed by atoms with E-state index in [0.29, 0.717) is 31.2 Å². The molecule has 1 rings (SSSR count). The second-order valence-corrected chi connectivity index (χ2v) is 6.22. The molecule has 2 atom stereocenters. The number of carbonyl (C=O) groups excluding carboxylic acids is 1. The summed E-state index contributed by atoms with van der Waals surface area (Å²) in [6.07, 6.45) is -0.00750. The molecule has 0 aromatic heterocycles. The molecule has 1 aromatic carbocycles. The summed E-state index contributed by atoms with van der Waals surface area (Å²) < 4.78 is 10.1. The van der Waals surface area contributed by atoms with Gasteiger partial charge in [-0.3, -0.25) is 4.79 Å². The van der Waals surface area contributed by atoms with E-state index in [-0.39, 0.29) is 5.92 Å². The van der Waals surface area contributed by atoms with Crippen molar-refractivity contribution < 1.29 is 24.2 Å². The van der Waals surface area contributed by atoms with Gasteiger partial charge in [0.05, 0.1) is 13.0 Å². The van der Waals surface area contributed by atoms with Gasteiger partial charge in [-0.05, 0) is 37.0 Å². The average molecular weight is 337 g/mol. The number of hydrogen-bond donors (Lipinski definition) is 2. The minimum absolute atomic E-state index is 0.348. The van der Waals surface area contributed by atoms with Gasteiger partial charge in [0.15, 0.2) is 6.10 Å². The fourth-order valence-electron chi connectivity index (χ4n) is 2.34. The van der Waals surface area contributed by atoms with Gasteiger partial charge < -0.3 is 19.9 Å². The van der Waals surface area contributed by atoms with Crippen molar-refractivity contribution in [3.8, 4) is 5.75 Å². The van der Waals surface area contributed by atoms with Crippen molar-refractivity contribution in [3.63, 3.8) is 0 Å². The summed E-state index contributed by atoms with van der Waals surface area (Å²) in [5, 5.41) is 12.4. The second kappa shape index (κ2) is 9.93. The zero-order valence-corrected chi connectivity index (χ0v) is 14.7. The number of methoxy groups -OCH3 is 1. The molecule has 24 heavy (non-hydrogen) atoms. The molecule has 0 aliphatic heterocycles. The standard InChI is InChI=1S/C18H27NO5/c1-12(2)9-15(17(20)21)11-19-10-14-5-7-16(8-6-14)24-13(3)18(22)23-4/h5-8,12-13,15,19H,9-11H2,1-4H3,(H,20,21). The summed E-state index contributed by atoms with van der Waals surface area (Å²) in [7, 11) is 1.32. The third-order valence-electron chi connectivity index (χ3n) is 3.59. The third kappa shape index (κ3) is 7.00. The van der Waals surface area contributed by atoms with Crippen LogP contribution in [0.2, 0.25) is 0 Å². The lowest BCUT2D eigenvalue weighted by Crippen LogP contribution is -2.29. The first-order chi connectivity index (χ1) is 11.3. The van der Waals surface area contributed by atoms with Crippen molar-refractivity contribution in [2.45, 2.75) is 39.8 Å². The van der Waals surface area contributed by atoms with E-state index in [4.69, 9.17) is 4.74 Å². The summed E-state index contributed by atoms with van der Waals surface area (Å²) in [6.45, 7) is 6.68. The Morgan fingerprint density at radius 1 is 1.17 bits per heavy atom. The minimum atomic E-state index is -0.767. The van der Waals surface area contributed by atoms with Crippen molar-refractivity contribution in [2.75, 3.05) is 13.7 Å². The molecule has 0 bridgehead atoms. The Labute approximate surface area is 143 Å². The monoisotopic (exact) mass is 337 g/mol. The van der Waals surface area contributed by atoms with E-state index in [2.05, 4.69) is 10.1 Å². The molecule has 0 spiro atoms. The summed E-state index contributed by atoms with van der Waals surface area (Å²) >= 11 is 0. The first-order valence-corrected chi connectivity index (χ1v) is 8.10. The first-order valence-electron chi connectivity index (χ1n) is 8.10. The van der Waals surface area contributed by atoms with E-state index in [9.17, 15) is 14.7 Å². The maximum Gasteiger partial charge on any atom is 0.346 e. The molecule has 0 saturated carbocycles. The highest BCUT2D eigenvalue weighted by Gasteiger charge is 2.18. The topological polar surface area (TPSA) is 84.9 Å². The maximum atomic E-state index is 11.3. The van der Waals surface area contributed by atoms with Crippen LogP contribution in [0.3, 0.4) is 0 Å². The third-order valence-corrected chi connectivity index (χ3v) is 3.59. The van der Waals surface area contributed by atoms with Crippen LogP contribution in [0.5, 0.6) is 5.75 Å². The number of ether oxygens (including phenoxy) is 2. The Morgan fingerprint density at radius 2 is 1.79 bits per heavy atom. The van der Waals surface area contributed by atoms with Gasteiger partial charge in [0.1, 0.15) is 5.75 Å². The number of nitrogens with one attached hydrogen (secondary N) is 1. The predicted octanol–water partition coefficient (Wildman–Crippen LogP) is 2.46. The average Bonchev–Trinajstić information content (AvgIpc) is 2.54. The molecule has 0 heterocycles. The van der Waals surface area contributed by atoms with Crippen LogP contribution in [0.15, 0.2) is 24.3 Å². The zero-order valence-electron chi connectivity index (χ0n) is 14.7. The van der Waals surface area contributed by atoms with Crippen molar-refractivity contribution in [1.82, 2.24) is 5.32 Å². The van der Waals surface area contributed by atoms with Crippen LogP contribution in [-0.2, 0) is 20.9 Å². The Kier molecular flexibility index (Phi) is 8.26. The first kappa shape index (κ1) is 20.0. The zero-order chi connectivity index (χ0) is 18.1. The van der Waals surface area contributed by atoms with E-state index in [0.717, 1.165) is 5.56 Å². The largest absolute Gasteiger partial charge is 0.481 e. The van der Waals surface area contributed by atoms with Crippen LogP contribution in [0, 0.1) is 11.8 Å². The van der Waals surface area contributed by atoms with Crippen molar-refractivity contribution in [2.24, 2.45) is 11.8 Å². The number of carbonyl (C=O) groups is 2. The summed E-state index contributed by atoms with van der Waals surface area (Å²) in [5.41, 5.74) is 1.02. The number of benzene rings is 1. The lowest BCUT2D eigenvalue weighted by molar-refractivity contribution is -0.148. The normalized spacial score (nSPS) is 13.4. The van der Waals surface area contributed by atoms with Gasteiger partial charge in [-0.2, -0.15) is 0 Å². The van der Waals surface area contributed by atoms with Crippen LogP contribution in [0.1, 0.15) is 32.8 Å². The molecular weight excluding hydrogens is 310 g/mol. The Morgan fingerprint density at radius 3 is 2.29 bits per heavy atom. The highest BCUT2D eigenvalue weighted by atomic mass is 16.6. The summed E-state index contributed by atoms with van der Waals surface area (Å²) in [4.78, 5) is 22.5. The quantitative estimate of drug-likeness (QED) is 0.638. The number of carboxylic acids is 1. The lowest BCUT2D eigenvalue weighted by atomic mass is 9.97. The predicted molar refractivity (Wildman–Crippen MR) is 90.8 cm³/mol. The van der Waals surface area contributed by atoms with E-state index in [1.165, 1.54) is 7.11 Å². The van der Waals surface area contributed by atoms with Crippen LogP contribution >= 0.6 is 0 Å². The molecule has 2 N–H and O–H groups in total. The van der Waals surface area contributed by atoms with Crippen molar-refractivity contribution in [3.05, 3.63) is 29.8 Å². The molecule has 2 unspecified atom stereocenters. The number of esters is 1. The van der Waals surface area contributed by atoms with Gasteiger partial charge in [0.2, 0.25) is 0 Å². The fourth-order valence-corrected chi connectivity index (χ4v) is 2.34. The van der Waals surface area contributed by atoms with Crippen molar-refractivity contribution in [1.29, 1.82) is 0 Å². The van der Waals surface area contributed by atoms with Crippen LogP contribution in [0.4, 0.5) is 0 Å². The van der Waals surface area contributed by atoms with E-state index >= 15 is 0 Å². The Bertz CT molecular complexity index is 527. The molecular formula is C18H27NO5. The highest BCUT2D eigenvalue weighted by Crippen LogP contribution is 2.15. The van der Waals surface area contributed by atoms with Crippen LogP contribution < -0.4 is 10.1 Å². The Hall–Kier alpha value is -2.08. The number of aliphatic carboxylic acids is 1. The number of hydrogen-bond acceptors (Lipinski definition) is 5. The van der Waals surface area contributed by atoms with Gasteiger partial charge in [0.25, 0.3) is 0 Å². The molecule has 1 aromatic rings. The molecule has 0 aliphatic carbocycles. The van der Waals surface area contributed by atoms with Gasteiger partial charge >= 0.3 is 11.9 Å². The molecule has 0 fully saturated rings. The minimum Gasteiger partial charge on any atom is -0.481 e. The van der Waals surface area contributed by atoms with Gasteiger partial charge in [-0.25, -0.2) is 4.79 Å². The second-order valence-electron chi connectivity index (χ2n) is 6.22. The van der Waals surface area contributed by atoms with Crippen LogP contribution in [0.25, 0.3) is 0 Å². The van der Waals surface area contributed by atoms with E-state index < -0.39 is 18.0 Å². The SMILES string of the molecule is COC(=O)C(C)Oc1ccc(CNCC(CC(C)C)C(=O)O)cc1. The molecule has 6 heteroatoms. The van der Waals surface area contributed by atoms with E-state index in [1.807, 2.05) is 26.0 Å². The maximum absolute atomic E-state index is 11.3. The van der Waals surface area contributed by atoms with Crippen molar-refractivity contribution >= 4 is 11.9 Å². The fraction of sp³-hybridized carbons (Fsp3) is 0.556. The highest BCUT2D eigenvalue weighted by molar-refractivity contribution is 5.74. The molecule has 134 valence electrons. The van der Waals surface area contributed by atoms with Gasteiger partial charge in [-0.1, -0.05) is 26.0 Å². The number of carboxylic acid groups (broad SMARTS) is 1. The molecule has 6 nitrogen and oxygen atoms in total. The van der Waals surface area contributed by atoms with Gasteiger partial charge in [0, 0.05) is 13.1 Å². The molecule has 0 saturated heterocycles. The lowest BCUT2D eigenvalue weighted by Gasteiger charge is -2.16. The van der Waals surface area contributed by atoms with Gasteiger partial charge in [-0.15, -0.1) is 0 Å².